The van der Waals surface area contributed by atoms with Crippen LogP contribution in [0.1, 0.15) is 38.4 Å². The summed E-state index contributed by atoms with van der Waals surface area (Å²) in [5.74, 6) is 0.381. The molecule has 1 unspecified atom stereocenters. The van der Waals surface area contributed by atoms with Crippen molar-refractivity contribution in [2.75, 3.05) is 13.7 Å². The van der Waals surface area contributed by atoms with Crippen LogP contribution >= 0.6 is 0 Å². The molecule has 0 saturated carbocycles. The normalized spacial score (nSPS) is 12.0. The molecule has 19 heavy (non-hydrogen) atoms. The Hall–Kier alpha value is -1.82. The van der Waals surface area contributed by atoms with Crippen molar-refractivity contribution in [3.8, 4) is 11.5 Å². The van der Waals surface area contributed by atoms with Crippen LogP contribution in [0.4, 0.5) is 5.69 Å². The van der Waals surface area contributed by atoms with E-state index in [0.717, 1.165) is 12.8 Å². The van der Waals surface area contributed by atoms with Gasteiger partial charge in [-0.1, -0.05) is 13.3 Å². The number of methoxy groups -OCH3 is 1. The van der Waals surface area contributed by atoms with Gasteiger partial charge in [0, 0.05) is 6.07 Å². The molecular weight excluding hydrogens is 250 g/mol. The van der Waals surface area contributed by atoms with Crippen LogP contribution in [-0.2, 0) is 0 Å². The van der Waals surface area contributed by atoms with Gasteiger partial charge in [-0.2, -0.15) is 0 Å². The van der Waals surface area contributed by atoms with Crippen LogP contribution in [0.25, 0.3) is 0 Å². The van der Waals surface area contributed by atoms with Gasteiger partial charge < -0.3 is 14.6 Å². The Morgan fingerprint density at radius 3 is 2.63 bits per heavy atom. The lowest BCUT2D eigenvalue weighted by Crippen LogP contribution is -2.04. The van der Waals surface area contributed by atoms with Gasteiger partial charge in [0.05, 0.1) is 24.7 Å². The van der Waals surface area contributed by atoms with Gasteiger partial charge >= 0.3 is 5.69 Å². The fraction of sp³-hybridized carbons (Fsp3) is 0.538. The second kappa shape index (κ2) is 6.94. The molecule has 0 aliphatic heterocycles. The number of nitro groups is 1. The minimum absolute atomic E-state index is 0.116. The van der Waals surface area contributed by atoms with E-state index in [0.29, 0.717) is 12.2 Å². The average Bonchev–Trinajstić information content (AvgIpc) is 2.38. The Bertz CT molecular complexity index is 445. The molecule has 0 amide bonds. The maximum Gasteiger partial charge on any atom is 0.315 e. The van der Waals surface area contributed by atoms with Crippen LogP contribution in [0.5, 0.6) is 11.5 Å². The van der Waals surface area contributed by atoms with Gasteiger partial charge in [-0.05, 0) is 25.0 Å². The van der Waals surface area contributed by atoms with Crippen molar-refractivity contribution in [2.45, 2.75) is 32.8 Å². The first-order valence-corrected chi connectivity index (χ1v) is 6.18. The van der Waals surface area contributed by atoms with E-state index < -0.39 is 11.0 Å². The Labute approximate surface area is 112 Å². The zero-order chi connectivity index (χ0) is 14.4. The van der Waals surface area contributed by atoms with E-state index >= 15 is 0 Å². The molecule has 0 bridgehead atoms. The van der Waals surface area contributed by atoms with Gasteiger partial charge in [-0.25, -0.2) is 0 Å². The number of aliphatic hydroxyl groups excluding tert-OH is 1. The van der Waals surface area contributed by atoms with Crippen LogP contribution in [0.15, 0.2) is 12.1 Å². The summed E-state index contributed by atoms with van der Waals surface area (Å²) in [6.45, 7) is 3.93. The predicted octanol–water partition coefficient (Wildman–Crippen LogP) is 2.84. The minimum Gasteiger partial charge on any atom is -0.493 e. The van der Waals surface area contributed by atoms with Crippen molar-refractivity contribution in [1.29, 1.82) is 0 Å². The molecule has 0 aromatic heterocycles. The zero-order valence-electron chi connectivity index (χ0n) is 11.4. The summed E-state index contributed by atoms with van der Waals surface area (Å²) < 4.78 is 10.6. The highest BCUT2D eigenvalue weighted by atomic mass is 16.6. The molecule has 0 aliphatic carbocycles. The molecule has 6 nitrogen and oxygen atoms in total. The highest BCUT2D eigenvalue weighted by molar-refractivity contribution is 5.58. The fourth-order valence-corrected chi connectivity index (χ4v) is 1.60. The summed E-state index contributed by atoms with van der Waals surface area (Å²) in [6, 6.07) is 2.87. The van der Waals surface area contributed by atoms with Gasteiger partial charge in [0.25, 0.3) is 0 Å². The smallest absolute Gasteiger partial charge is 0.315 e. The summed E-state index contributed by atoms with van der Waals surface area (Å²) in [7, 11) is 1.41. The van der Waals surface area contributed by atoms with Crippen LogP contribution in [0, 0.1) is 10.1 Å². The lowest BCUT2D eigenvalue weighted by atomic mass is 10.1. The third-order valence-electron chi connectivity index (χ3n) is 2.70. The number of ether oxygens (including phenoxy) is 2. The Morgan fingerprint density at radius 2 is 2.16 bits per heavy atom. The van der Waals surface area contributed by atoms with Gasteiger partial charge in [-0.15, -0.1) is 0 Å². The topological polar surface area (TPSA) is 81.8 Å². The molecule has 0 spiro atoms. The van der Waals surface area contributed by atoms with Crippen molar-refractivity contribution in [3.63, 3.8) is 0 Å². The molecule has 1 rings (SSSR count). The van der Waals surface area contributed by atoms with Gasteiger partial charge in [0.15, 0.2) is 5.75 Å². The first-order valence-electron chi connectivity index (χ1n) is 6.18. The third-order valence-corrected chi connectivity index (χ3v) is 2.70. The Kier molecular flexibility index (Phi) is 5.57. The molecule has 106 valence electrons. The standard InChI is InChI=1S/C13H19NO5/c1-4-5-6-19-13-11(14(16)17)7-10(9(2)15)8-12(13)18-3/h7-9,15H,4-6H2,1-3H3. The maximum atomic E-state index is 11.1. The molecule has 0 heterocycles. The van der Waals surface area contributed by atoms with Crippen LogP contribution in [-0.4, -0.2) is 23.7 Å². The van der Waals surface area contributed by atoms with E-state index in [9.17, 15) is 15.2 Å². The summed E-state index contributed by atoms with van der Waals surface area (Å²) in [5.41, 5.74) is 0.234. The Morgan fingerprint density at radius 1 is 1.47 bits per heavy atom. The monoisotopic (exact) mass is 269 g/mol. The van der Waals surface area contributed by atoms with Crippen molar-refractivity contribution < 1.29 is 19.5 Å². The van der Waals surface area contributed by atoms with E-state index in [1.165, 1.54) is 20.1 Å². The Balaban J connectivity index is 3.20. The minimum atomic E-state index is -0.808. The number of nitrogens with zero attached hydrogens (tertiary/aromatic N) is 1. The van der Waals surface area contributed by atoms with Gasteiger partial charge in [-0.3, -0.25) is 10.1 Å². The SMILES string of the molecule is CCCCOc1c(OC)cc(C(C)O)cc1[N+](=O)[O-]. The maximum absolute atomic E-state index is 11.1. The number of aliphatic hydroxyl groups is 1. The number of hydrogen-bond donors (Lipinski definition) is 1. The number of benzene rings is 1. The van der Waals surface area contributed by atoms with E-state index in [2.05, 4.69) is 0 Å². The van der Waals surface area contributed by atoms with Gasteiger partial charge in [0.1, 0.15) is 0 Å². The van der Waals surface area contributed by atoms with E-state index in [4.69, 9.17) is 9.47 Å². The molecular formula is C13H19NO5. The number of rotatable bonds is 7. The number of hydrogen-bond acceptors (Lipinski definition) is 5. The lowest BCUT2D eigenvalue weighted by molar-refractivity contribution is -0.386. The van der Waals surface area contributed by atoms with Crippen LogP contribution in [0.2, 0.25) is 0 Å². The molecule has 6 heteroatoms. The molecule has 1 aromatic carbocycles. The quantitative estimate of drug-likeness (QED) is 0.467. The first-order chi connectivity index (χ1) is 9.01. The summed E-state index contributed by atoms with van der Waals surface area (Å²) >= 11 is 0. The van der Waals surface area contributed by atoms with Crippen LogP contribution in [0.3, 0.4) is 0 Å². The first kappa shape index (κ1) is 15.2. The molecule has 1 atom stereocenters. The zero-order valence-corrected chi connectivity index (χ0v) is 11.4. The summed E-state index contributed by atoms with van der Waals surface area (Å²) in [6.07, 6.45) is 0.928. The second-order valence-electron chi connectivity index (χ2n) is 4.21. The number of nitro benzene ring substituents is 1. The molecule has 1 N–H and O–H groups in total. The average molecular weight is 269 g/mol. The molecule has 0 fully saturated rings. The number of unbranched alkanes of at least 4 members (excludes halogenated alkanes) is 1. The van der Waals surface area contributed by atoms with E-state index in [1.54, 1.807) is 6.07 Å². The molecule has 0 radical (unpaired) electrons. The van der Waals surface area contributed by atoms with Gasteiger partial charge in [0.2, 0.25) is 5.75 Å². The molecule has 1 aromatic rings. The predicted molar refractivity (Wildman–Crippen MR) is 70.7 cm³/mol. The van der Waals surface area contributed by atoms with E-state index in [-0.39, 0.29) is 17.2 Å². The summed E-state index contributed by atoms with van der Waals surface area (Å²) in [4.78, 5) is 10.6. The lowest BCUT2D eigenvalue weighted by Gasteiger charge is -2.13. The van der Waals surface area contributed by atoms with Crippen molar-refractivity contribution in [3.05, 3.63) is 27.8 Å². The largest absolute Gasteiger partial charge is 0.493 e. The fourth-order valence-electron chi connectivity index (χ4n) is 1.60. The van der Waals surface area contributed by atoms with Crippen molar-refractivity contribution in [1.82, 2.24) is 0 Å². The third kappa shape index (κ3) is 3.82. The van der Waals surface area contributed by atoms with Crippen LogP contribution < -0.4 is 9.47 Å². The summed E-state index contributed by atoms with van der Waals surface area (Å²) in [5, 5.41) is 20.6. The molecule has 0 saturated heterocycles. The van der Waals surface area contributed by atoms with Crippen molar-refractivity contribution >= 4 is 5.69 Å². The highest BCUT2D eigenvalue weighted by Crippen LogP contribution is 2.39. The highest BCUT2D eigenvalue weighted by Gasteiger charge is 2.23. The second-order valence-corrected chi connectivity index (χ2v) is 4.21. The van der Waals surface area contributed by atoms with Crippen molar-refractivity contribution in [2.24, 2.45) is 0 Å². The van der Waals surface area contributed by atoms with E-state index in [1.807, 2.05) is 6.92 Å². The molecule has 0 aliphatic rings.